The molecule has 4 rings (SSSR count). The molecule has 158 valence electrons. The van der Waals surface area contributed by atoms with E-state index in [-0.39, 0.29) is 24.5 Å². The smallest absolute Gasteiger partial charge is 0.407 e. The molecule has 0 saturated carbocycles. The Morgan fingerprint density at radius 1 is 1.17 bits per heavy atom. The third kappa shape index (κ3) is 3.39. The molecule has 1 unspecified atom stereocenters. The zero-order chi connectivity index (χ0) is 20.6. The van der Waals surface area contributed by atoms with Crippen LogP contribution in [-0.4, -0.2) is 101 Å². The second-order valence-corrected chi connectivity index (χ2v) is 8.58. The molecule has 3 fully saturated rings. The number of carbonyl (C=O) groups excluding carboxylic acids is 1. The molecule has 3 saturated heterocycles. The highest BCUT2D eigenvalue weighted by Gasteiger charge is 2.62. The van der Waals surface area contributed by atoms with E-state index in [2.05, 4.69) is 34.1 Å². The van der Waals surface area contributed by atoms with Gasteiger partial charge in [0, 0.05) is 38.8 Å². The van der Waals surface area contributed by atoms with Crippen molar-refractivity contribution in [2.24, 2.45) is 0 Å². The van der Waals surface area contributed by atoms with Gasteiger partial charge in [0.15, 0.2) is 0 Å². The number of ether oxygens (including phenoxy) is 1. The van der Waals surface area contributed by atoms with Crippen molar-refractivity contribution in [3.63, 3.8) is 0 Å². The van der Waals surface area contributed by atoms with Crippen LogP contribution in [0.2, 0.25) is 0 Å². The number of rotatable bonds is 4. The molecule has 8 heteroatoms. The van der Waals surface area contributed by atoms with E-state index in [0.717, 1.165) is 32.5 Å². The number of nitrogens with zero attached hydrogens (tertiary/aromatic N) is 4. The minimum absolute atomic E-state index is 0.0785. The molecule has 0 bridgehead atoms. The van der Waals surface area contributed by atoms with Crippen LogP contribution in [0.5, 0.6) is 0 Å². The highest BCUT2D eigenvalue weighted by Crippen LogP contribution is 2.44. The van der Waals surface area contributed by atoms with E-state index in [1.54, 1.807) is 7.11 Å². The molecule has 3 aliphatic rings. The summed E-state index contributed by atoms with van der Waals surface area (Å²) in [6.07, 6.45) is 0.831. The Balaban J connectivity index is 1.52. The minimum atomic E-state index is -1.06. The second kappa shape index (κ2) is 7.59. The van der Waals surface area contributed by atoms with E-state index in [1.165, 1.54) is 10.5 Å². The lowest BCUT2D eigenvalue weighted by Crippen LogP contribution is -2.70. The van der Waals surface area contributed by atoms with Gasteiger partial charge in [-0.1, -0.05) is 30.3 Å². The number of amides is 2. The first kappa shape index (κ1) is 20.1. The summed E-state index contributed by atoms with van der Waals surface area (Å²) in [7, 11) is 3.64. The molecule has 1 atom stereocenters. The molecule has 0 aliphatic carbocycles. The lowest BCUT2D eigenvalue weighted by molar-refractivity contribution is -0.155. The van der Waals surface area contributed by atoms with Gasteiger partial charge >= 0.3 is 6.09 Å². The van der Waals surface area contributed by atoms with Gasteiger partial charge in [0.1, 0.15) is 12.2 Å². The van der Waals surface area contributed by atoms with Gasteiger partial charge in [-0.2, -0.15) is 0 Å². The van der Waals surface area contributed by atoms with Crippen LogP contribution < -0.4 is 0 Å². The standard InChI is InChI=1S/C21H30N4O4/c1-22-20(8-10-23(11-9-20)12-17-6-4-3-5-7-17)14-25-18(26)13-24(19(27)28)15-21(22,25)16-29-2/h3-7H,8-16H2,1-2H3,(H,27,28). The summed E-state index contributed by atoms with van der Waals surface area (Å²) in [5, 5.41) is 9.51. The Bertz CT molecular complexity index is 765. The quantitative estimate of drug-likeness (QED) is 0.814. The fraction of sp³-hybridized carbons (Fsp3) is 0.619. The molecule has 2 amide bonds. The first-order valence-corrected chi connectivity index (χ1v) is 10.2. The number of benzene rings is 1. The van der Waals surface area contributed by atoms with Crippen molar-refractivity contribution >= 4 is 12.0 Å². The van der Waals surface area contributed by atoms with Crippen LogP contribution in [0.3, 0.4) is 0 Å². The molecule has 3 heterocycles. The average molecular weight is 402 g/mol. The van der Waals surface area contributed by atoms with Crippen LogP contribution in [0.4, 0.5) is 4.79 Å². The summed E-state index contributed by atoms with van der Waals surface area (Å²) >= 11 is 0. The highest BCUT2D eigenvalue weighted by atomic mass is 16.5. The molecule has 1 aromatic rings. The Labute approximate surface area is 171 Å². The summed E-state index contributed by atoms with van der Waals surface area (Å²) in [6, 6.07) is 10.5. The Morgan fingerprint density at radius 2 is 1.86 bits per heavy atom. The van der Waals surface area contributed by atoms with E-state index in [0.29, 0.717) is 13.2 Å². The predicted octanol–water partition coefficient (Wildman–Crippen LogP) is 1.13. The Morgan fingerprint density at radius 3 is 2.48 bits per heavy atom. The Hall–Kier alpha value is -2.16. The molecule has 1 N–H and O–H groups in total. The molecule has 8 nitrogen and oxygen atoms in total. The normalized spacial score (nSPS) is 27.4. The third-order valence-corrected chi connectivity index (χ3v) is 7.04. The van der Waals surface area contributed by atoms with Crippen molar-refractivity contribution < 1.29 is 19.4 Å². The fourth-order valence-electron chi connectivity index (χ4n) is 5.34. The molecular formula is C21H30N4O4. The van der Waals surface area contributed by atoms with Crippen LogP contribution in [-0.2, 0) is 16.1 Å². The van der Waals surface area contributed by atoms with Gasteiger partial charge in [-0.15, -0.1) is 0 Å². The second-order valence-electron chi connectivity index (χ2n) is 8.58. The number of hydrogen-bond acceptors (Lipinski definition) is 5. The van der Waals surface area contributed by atoms with Gasteiger partial charge < -0.3 is 14.7 Å². The summed E-state index contributed by atoms with van der Waals surface area (Å²) in [5.74, 6) is -0.133. The summed E-state index contributed by atoms with van der Waals surface area (Å²) in [4.78, 5) is 32.3. The van der Waals surface area contributed by atoms with Crippen molar-refractivity contribution in [2.45, 2.75) is 30.6 Å². The van der Waals surface area contributed by atoms with Crippen LogP contribution in [0.1, 0.15) is 18.4 Å². The highest BCUT2D eigenvalue weighted by molar-refractivity contribution is 5.84. The first-order chi connectivity index (χ1) is 13.9. The minimum Gasteiger partial charge on any atom is -0.465 e. The van der Waals surface area contributed by atoms with Gasteiger partial charge in [0.05, 0.1) is 13.2 Å². The molecule has 1 spiro atoms. The first-order valence-electron chi connectivity index (χ1n) is 10.2. The predicted molar refractivity (Wildman–Crippen MR) is 107 cm³/mol. The maximum absolute atomic E-state index is 12.9. The Kier molecular flexibility index (Phi) is 5.27. The van der Waals surface area contributed by atoms with Crippen LogP contribution in [0, 0.1) is 0 Å². The molecule has 3 aliphatic heterocycles. The largest absolute Gasteiger partial charge is 0.465 e. The van der Waals surface area contributed by atoms with Crippen LogP contribution in [0.15, 0.2) is 30.3 Å². The summed E-state index contributed by atoms with van der Waals surface area (Å²) in [5.41, 5.74) is 0.434. The molecule has 1 aromatic carbocycles. The zero-order valence-corrected chi connectivity index (χ0v) is 17.2. The number of fused-ring (bicyclic) bond motifs is 1. The van der Waals surface area contributed by atoms with Crippen molar-refractivity contribution in [3.8, 4) is 0 Å². The number of hydrogen-bond donors (Lipinski definition) is 1. The molecule has 0 radical (unpaired) electrons. The molecule has 29 heavy (non-hydrogen) atoms. The number of likely N-dealkylation sites (tertiary alicyclic amines) is 1. The average Bonchev–Trinajstić information content (AvgIpc) is 2.94. The maximum Gasteiger partial charge on any atom is 0.407 e. The van der Waals surface area contributed by atoms with Crippen molar-refractivity contribution in [1.82, 2.24) is 19.6 Å². The number of likely N-dealkylation sites (N-methyl/N-ethyl adjacent to an activating group) is 1. The van der Waals surface area contributed by atoms with Crippen molar-refractivity contribution in [3.05, 3.63) is 35.9 Å². The van der Waals surface area contributed by atoms with Gasteiger partial charge in [-0.05, 0) is 25.5 Å². The maximum atomic E-state index is 12.9. The van der Waals surface area contributed by atoms with Gasteiger partial charge in [-0.25, -0.2) is 4.79 Å². The van der Waals surface area contributed by atoms with Gasteiger partial charge in [0.25, 0.3) is 0 Å². The van der Waals surface area contributed by atoms with Gasteiger partial charge in [0.2, 0.25) is 5.91 Å². The van der Waals surface area contributed by atoms with Crippen LogP contribution >= 0.6 is 0 Å². The number of piperazine rings is 1. The van der Waals surface area contributed by atoms with Crippen molar-refractivity contribution in [2.75, 3.05) is 53.5 Å². The third-order valence-electron chi connectivity index (χ3n) is 7.04. The number of piperidine rings is 1. The lowest BCUT2D eigenvalue weighted by atomic mass is 9.86. The molecule has 0 aromatic heterocycles. The van der Waals surface area contributed by atoms with E-state index >= 15 is 0 Å². The summed E-state index contributed by atoms with van der Waals surface area (Å²) < 4.78 is 5.50. The van der Waals surface area contributed by atoms with E-state index in [1.807, 2.05) is 18.0 Å². The van der Waals surface area contributed by atoms with Gasteiger partial charge in [-0.3, -0.25) is 19.5 Å². The summed E-state index contributed by atoms with van der Waals surface area (Å²) in [6.45, 7) is 3.95. The number of carboxylic acid groups (broad SMARTS) is 1. The lowest BCUT2D eigenvalue weighted by Gasteiger charge is -2.50. The number of methoxy groups -OCH3 is 1. The monoisotopic (exact) mass is 402 g/mol. The van der Waals surface area contributed by atoms with E-state index in [4.69, 9.17) is 4.74 Å². The van der Waals surface area contributed by atoms with E-state index in [9.17, 15) is 14.7 Å². The zero-order valence-electron chi connectivity index (χ0n) is 17.2. The van der Waals surface area contributed by atoms with E-state index < -0.39 is 11.8 Å². The van der Waals surface area contributed by atoms with Crippen LogP contribution in [0.25, 0.3) is 0 Å². The SMILES string of the molecule is COCC12CN(C(=O)O)CC(=O)N1CC1(CCN(Cc3ccccc3)CC1)N2C. The van der Waals surface area contributed by atoms with Crippen molar-refractivity contribution in [1.29, 1.82) is 0 Å². The fourth-order valence-corrected chi connectivity index (χ4v) is 5.34. The molecular weight excluding hydrogens is 372 g/mol. The topological polar surface area (TPSA) is 76.6 Å². The number of carbonyl (C=O) groups is 2.